The van der Waals surface area contributed by atoms with Crippen LogP contribution in [-0.2, 0) is 5.54 Å². The summed E-state index contributed by atoms with van der Waals surface area (Å²) in [5.74, 6) is 0.724. The average Bonchev–Trinajstić information content (AvgIpc) is 2.38. The highest BCUT2D eigenvalue weighted by Crippen LogP contribution is 2.43. The molecule has 3 heteroatoms. The predicted molar refractivity (Wildman–Crippen MR) is 71.5 cm³/mol. The Morgan fingerprint density at radius 2 is 1.94 bits per heavy atom. The van der Waals surface area contributed by atoms with Crippen LogP contribution < -0.4 is 10.5 Å². The summed E-state index contributed by atoms with van der Waals surface area (Å²) < 4.78 is 19.2. The summed E-state index contributed by atoms with van der Waals surface area (Å²) in [4.78, 5) is 0. The van der Waals surface area contributed by atoms with Gasteiger partial charge in [0.05, 0.1) is 7.11 Å². The normalized spacial score (nSPS) is 20.4. The molecule has 0 aliphatic heterocycles. The quantitative estimate of drug-likeness (QED) is 0.885. The molecule has 0 saturated heterocycles. The lowest BCUT2D eigenvalue weighted by molar-refractivity contribution is 0.277. The molecule has 0 heterocycles. The van der Waals surface area contributed by atoms with E-state index in [1.807, 2.05) is 18.2 Å². The predicted octanol–water partition coefficient (Wildman–Crippen LogP) is 3.84. The van der Waals surface area contributed by atoms with Gasteiger partial charge in [-0.15, -0.1) is 0 Å². The Hall–Kier alpha value is -1.09. The molecular weight excluding hydrogens is 229 g/mol. The fourth-order valence-corrected chi connectivity index (χ4v) is 3.02. The van der Waals surface area contributed by atoms with Crippen molar-refractivity contribution in [2.75, 3.05) is 7.11 Å². The molecule has 2 N–H and O–H groups in total. The average molecular weight is 251 g/mol. The number of nitrogens with two attached hydrogens (primary N) is 1. The highest BCUT2D eigenvalue weighted by Gasteiger charge is 2.35. The molecule has 1 aromatic carbocycles. The minimum absolute atomic E-state index is 0.430. The number of hydrogen-bond donors (Lipinski definition) is 1. The van der Waals surface area contributed by atoms with E-state index < -0.39 is 11.7 Å². The van der Waals surface area contributed by atoms with Crippen molar-refractivity contribution in [1.82, 2.24) is 0 Å². The smallest absolute Gasteiger partial charge is 0.124 e. The molecular formula is C15H22FNO. The van der Waals surface area contributed by atoms with E-state index >= 15 is 0 Å². The minimum atomic E-state index is -1.02. The maximum absolute atomic E-state index is 13.8. The second-order valence-corrected chi connectivity index (χ2v) is 5.26. The molecule has 1 aliphatic carbocycles. The first-order valence-electron chi connectivity index (χ1n) is 6.69. The van der Waals surface area contributed by atoms with Crippen molar-refractivity contribution in [3.8, 4) is 5.75 Å². The number of rotatable bonds is 3. The van der Waals surface area contributed by atoms with Crippen molar-refractivity contribution in [1.29, 1.82) is 0 Å². The van der Waals surface area contributed by atoms with Crippen LogP contribution in [0.1, 0.15) is 56.3 Å². The SMILES string of the molecule is COc1cccc(C(C)F)c1C1(N)CCCCC1. The standard InChI is InChI=1S/C15H22FNO/c1-11(16)12-7-6-8-13(18-2)14(12)15(17)9-4-3-5-10-15/h6-8,11H,3-5,9-10,17H2,1-2H3. The number of benzene rings is 1. The first-order chi connectivity index (χ1) is 8.58. The number of alkyl halides is 1. The van der Waals surface area contributed by atoms with Gasteiger partial charge < -0.3 is 10.5 Å². The van der Waals surface area contributed by atoms with E-state index in [4.69, 9.17) is 10.5 Å². The molecule has 1 aromatic rings. The Bertz CT molecular complexity index is 411. The summed E-state index contributed by atoms with van der Waals surface area (Å²) in [5.41, 5.74) is 7.68. The Morgan fingerprint density at radius 3 is 2.50 bits per heavy atom. The van der Waals surface area contributed by atoms with Gasteiger partial charge in [0.1, 0.15) is 11.9 Å². The molecule has 0 spiro atoms. The Balaban J connectivity index is 2.52. The van der Waals surface area contributed by atoms with Gasteiger partial charge >= 0.3 is 0 Å². The molecule has 0 bridgehead atoms. The third kappa shape index (κ3) is 2.37. The van der Waals surface area contributed by atoms with E-state index in [9.17, 15) is 4.39 Å². The van der Waals surface area contributed by atoms with Crippen LogP contribution in [0.25, 0.3) is 0 Å². The van der Waals surface area contributed by atoms with E-state index in [-0.39, 0.29) is 0 Å². The highest BCUT2D eigenvalue weighted by atomic mass is 19.1. The minimum Gasteiger partial charge on any atom is -0.496 e. The molecule has 0 radical (unpaired) electrons. The largest absolute Gasteiger partial charge is 0.496 e. The van der Waals surface area contributed by atoms with Gasteiger partial charge in [0, 0.05) is 11.1 Å². The summed E-state index contributed by atoms with van der Waals surface area (Å²) >= 11 is 0. The topological polar surface area (TPSA) is 35.2 Å². The zero-order chi connectivity index (χ0) is 13.2. The summed E-state index contributed by atoms with van der Waals surface area (Å²) in [5, 5.41) is 0. The lowest BCUT2D eigenvalue weighted by Gasteiger charge is -2.36. The molecule has 2 rings (SSSR count). The fourth-order valence-electron chi connectivity index (χ4n) is 3.02. The number of halogens is 1. The van der Waals surface area contributed by atoms with Gasteiger partial charge in [-0.2, -0.15) is 0 Å². The summed E-state index contributed by atoms with van der Waals surface area (Å²) in [6, 6.07) is 5.54. The molecule has 1 aliphatic rings. The second-order valence-electron chi connectivity index (χ2n) is 5.26. The van der Waals surface area contributed by atoms with E-state index in [0.717, 1.165) is 37.0 Å². The monoisotopic (exact) mass is 251 g/mol. The Kier molecular flexibility index (Phi) is 3.91. The van der Waals surface area contributed by atoms with Gasteiger partial charge in [-0.1, -0.05) is 31.4 Å². The van der Waals surface area contributed by atoms with Gasteiger partial charge in [0.2, 0.25) is 0 Å². The zero-order valence-electron chi connectivity index (χ0n) is 11.2. The van der Waals surface area contributed by atoms with E-state index in [2.05, 4.69) is 0 Å². The first-order valence-corrected chi connectivity index (χ1v) is 6.69. The van der Waals surface area contributed by atoms with Crippen molar-refractivity contribution in [2.45, 2.75) is 50.7 Å². The van der Waals surface area contributed by atoms with Gasteiger partial charge in [0.25, 0.3) is 0 Å². The van der Waals surface area contributed by atoms with Crippen molar-refractivity contribution in [2.24, 2.45) is 5.73 Å². The van der Waals surface area contributed by atoms with Crippen LogP contribution in [0.5, 0.6) is 5.75 Å². The maximum atomic E-state index is 13.8. The molecule has 0 amide bonds. The Labute approximate surface area is 108 Å². The van der Waals surface area contributed by atoms with Crippen LogP contribution in [0.3, 0.4) is 0 Å². The molecule has 1 unspecified atom stereocenters. The third-order valence-corrected chi connectivity index (χ3v) is 3.95. The zero-order valence-corrected chi connectivity index (χ0v) is 11.2. The van der Waals surface area contributed by atoms with E-state index in [1.54, 1.807) is 14.0 Å². The maximum Gasteiger partial charge on any atom is 0.124 e. The number of methoxy groups -OCH3 is 1. The van der Waals surface area contributed by atoms with Crippen LogP contribution in [0.15, 0.2) is 18.2 Å². The van der Waals surface area contributed by atoms with E-state index in [0.29, 0.717) is 5.56 Å². The second kappa shape index (κ2) is 5.27. The van der Waals surface area contributed by atoms with Crippen LogP contribution in [0.4, 0.5) is 4.39 Å². The molecule has 100 valence electrons. The van der Waals surface area contributed by atoms with Gasteiger partial charge in [0.15, 0.2) is 0 Å². The van der Waals surface area contributed by atoms with Crippen molar-refractivity contribution >= 4 is 0 Å². The lowest BCUT2D eigenvalue weighted by atomic mass is 9.75. The summed E-state index contributed by atoms with van der Waals surface area (Å²) in [7, 11) is 1.62. The molecule has 1 saturated carbocycles. The molecule has 18 heavy (non-hydrogen) atoms. The van der Waals surface area contributed by atoms with Gasteiger partial charge in [-0.25, -0.2) is 4.39 Å². The van der Waals surface area contributed by atoms with Crippen LogP contribution >= 0.6 is 0 Å². The number of ether oxygens (including phenoxy) is 1. The molecule has 0 aromatic heterocycles. The van der Waals surface area contributed by atoms with Crippen molar-refractivity contribution in [3.05, 3.63) is 29.3 Å². The van der Waals surface area contributed by atoms with Gasteiger partial charge in [-0.3, -0.25) is 0 Å². The molecule has 1 atom stereocenters. The highest BCUT2D eigenvalue weighted by molar-refractivity contribution is 5.46. The Morgan fingerprint density at radius 1 is 1.28 bits per heavy atom. The third-order valence-electron chi connectivity index (χ3n) is 3.95. The first kappa shape index (κ1) is 13.3. The van der Waals surface area contributed by atoms with Crippen LogP contribution in [0, 0.1) is 0 Å². The van der Waals surface area contributed by atoms with Crippen LogP contribution in [-0.4, -0.2) is 7.11 Å². The van der Waals surface area contributed by atoms with E-state index in [1.165, 1.54) is 6.42 Å². The fraction of sp³-hybridized carbons (Fsp3) is 0.600. The lowest BCUT2D eigenvalue weighted by Crippen LogP contribution is -2.40. The van der Waals surface area contributed by atoms with Crippen molar-refractivity contribution in [3.63, 3.8) is 0 Å². The number of hydrogen-bond acceptors (Lipinski definition) is 2. The molecule has 2 nitrogen and oxygen atoms in total. The summed E-state index contributed by atoms with van der Waals surface area (Å²) in [6.45, 7) is 1.56. The van der Waals surface area contributed by atoms with Gasteiger partial charge in [-0.05, 0) is 31.4 Å². The summed E-state index contributed by atoms with van der Waals surface area (Å²) in [6.07, 6.45) is 4.23. The molecule has 1 fully saturated rings. The van der Waals surface area contributed by atoms with Crippen LogP contribution in [0.2, 0.25) is 0 Å². The van der Waals surface area contributed by atoms with Crippen molar-refractivity contribution < 1.29 is 9.13 Å².